The maximum absolute atomic E-state index is 6.30. The third-order valence-corrected chi connectivity index (χ3v) is 4.05. The van der Waals surface area contributed by atoms with Gasteiger partial charge in [-0.05, 0) is 57.4 Å². The molecule has 1 atom stereocenters. The first-order chi connectivity index (χ1) is 8.70. The summed E-state index contributed by atoms with van der Waals surface area (Å²) in [5.74, 6) is 0.902. The highest BCUT2D eigenvalue weighted by molar-refractivity contribution is 6.31. The van der Waals surface area contributed by atoms with E-state index in [0.717, 1.165) is 16.3 Å². The van der Waals surface area contributed by atoms with Crippen LogP contribution in [-0.4, -0.2) is 13.2 Å². The molecule has 1 unspecified atom stereocenters. The normalized spacial score (nSPS) is 18.6. The molecular formula is C15H22ClNO. The van der Waals surface area contributed by atoms with Crippen LogP contribution in [0.2, 0.25) is 5.02 Å². The summed E-state index contributed by atoms with van der Waals surface area (Å²) in [5.41, 5.74) is 1.12. The first-order valence-corrected chi connectivity index (χ1v) is 7.22. The van der Waals surface area contributed by atoms with Crippen molar-refractivity contribution in [1.82, 2.24) is 5.32 Å². The van der Waals surface area contributed by atoms with Gasteiger partial charge in [0.1, 0.15) is 5.75 Å². The Kier molecular flexibility index (Phi) is 4.90. The van der Waals surface area contributed by atoms with E-state index in [-0.39, 0.29) is 6.04 Å². The first-order valence-electron chi connectivity index (χ1n) is 6.84. The lowest BCUT2D eigenvalue weighted by Crippen LogP contribution is -2.19. The Balaban J connectivity index is 2.03. The van der Waals surface area contributed by atoms with Crippen molar-refractivity contribution in [3.8, 4) is 5.75 Å². The summed E-state index contributed by atoms with van der Waals surface area (Å²) < 4.78 is 6.00. The van der Waals surface area contributed by atoms with E-state index in [2.05, 4.69) is 18.3 Å². The molecule has 1 aromatic carbocycles. The Morgan fingerprint density at radius 2 is 2.00 bits per heavy atom. The van der Waals surface area contributed by atoms with E-state index in [0.29, 0.717) is 6.10 Å². The van der Waals surface area contributed by atoms with Crippen LogP contribution in [0.5, 0.6) is 5.75 Å². The van der Waals surface area contributed by atoms with Crippen LogP contribution in [0.3, 0.4) is 0 Å². The minimum atomic E-state index is 0.265. The number of rotatable bonds is 4. The predicted octanol–water partition coefficient (Wildman–Crippen LogP) is 4.33. The number of benzene rings is 1. The largest absolute Gasteiger partial charge is 0.490 e. The Morgan fingerprint density at radius 3 is 2.61 bits per heavy atom. The Hall–Kier alpha value is -0.730. The molecule has 2 nitrogen and oxygen atoms in total. The number of halogens is 1. The summed E-state index contributed by atoms with van der Waals surface area (Å²) in [6.07, 6.45) is 6.64. The highest BCUT2D eigenvalue weighted by atomic mass is 35.5. The van der Waals surface area contributed by atoms with E-state index >= 15 is 0 Å². The summed E-state index contributed by atoms with van der Waals surface area (Å²) in [6, 6.07) is 6.30. The maximum atomic E-state index is 6.30. The summed E-state index contributed by atoms with van der Waals surface area (Å²) in [4.78, 5) is 0. The fourth-order valence-electron chi connectivity index (χ4n) is 2.46. The van der Waals surface area contributed by atoms with Gasteiger partial charge in [0, 0.05) is 11.1 Å². The van der Waals surface area contributed by atoms with E-state index in [1.165, 1.54) is 32.1 Å². The molecule has 1 aromatic rings. The average Bonchev–Trinajstić information content (AvgIpc) is 2.39. The van der Waals surface area contributed by atoms with Gasteiger partial charge in [0.05, 0.1) is 6.10 Å². The van der Waals surface area contributed by atoms with E-state index in [1.54, 1.807) is 0 Å². The lowest BCUT2D eigenvalue weighted by atomic mass is 9.98. The molecule has 1 saturated carbocycles. The summed E-state index contributed by atoms with van der Waals surface area (Å²) in [5, 5.41) is 3.98. The molecule has 0 bridgehead atoms. The molecule has 18 heavy (non-hydrogen) atoms. The van der Waals surface area contributed by atoms with Crippen molar-refractivity contribution < 1.29 is 4.74 Å². The summed E-state index contributed by atoms with van der Waals surface area (Å²) in [7, 11) is 1.94. The molecule has 100 valence electrons. The van der Waals surface area contributed by atoms with Crippen LogP contribution in [0.1, 0.15) is 50.6 Å². The molecule has 0 amide bonds. The summed E-state index contributed by atoms with van der Waals surface area (Å²) in [6.45, 7) is 2.10. The molecular weight excluding hydrogens is 246 g/mol. The zero-order valence-electron chi connectivity index (χ0n) is 11.2. The van der Waals surface area contributed by atoms with Crippen LogP contribution in [0.4, 0.5) is 0 Å². The zero-order chi connectivity index (χ0) is 13.0. The van der Waals surface area contributed by atoms with Crippen LogP contribution in [0.15, 0.2) is 18.2 Å². The van der Waals surface area contributed by atoms with Gasteiger partial charge in [-0.25, -0.2) is 0 Å². The quantitative estimate of drug-likeness (QED) is 0.877. The molecule has 1 aliphatic rings. The van der Waals surface area contributed by atoms with Crippen molar-refractivity contribution in [2.24, 2.45) is 0 Å². The van der Waals surface area contributed by atoms with E-state index in [1.807, 2.05) is 19.2 Å². The number of hydrogen-bond donors (Lipinski definition) is 1. The first kappa shape index (κ1) is 13.7. The van der Waals surface area contributed by atoms with Crippen molar-refractivity contribution in [3.05, 3.63) is 28.8 Å². The molecule has 3 heteroatoms. The SMILES string of the molecule is CNC(C)c1ccc(OC2CCCCC2)cc1Cl. The predicted molar refractivity (Wildman–Crippen MR) is 76.4 cm³/mol. The molecule has 0 saturated heterocycles. The lowest BCUT2D eigenvalue weighted by Gasteiger charge is -2.23. The smallest absolute Gasteiger partial charge is 0.121 e. The molecule has 0 aromatic heterocycles. The van der Waals surface area contributed by atoms with E-state index < -0.39 is 0 Å². The van der Waals surface area contributed by atoms with E-state index in [4.69, 9.17) is 16.3 Å². The van der Waals surface area contributed by atoms with Crippen LogP contribution in [0.25, 0.3) is 0 Å². The van der Waals surface area contributed by atoms with Gasteiger partial charge in [-0.2, -0.15) is 0 Å². The standard InChI is InChI=1S/C15H22ClNO/c1-11(17-2)14-9-8-13(10-15(14)16)18-12-6-4-3-5-7-12/h8-12,17H,3-7H2,1-2H3. The van der Waals surface area contributed by atoms with Crippen molar-refractivity contribution in [3.63, 3.8) is 0 Å². The van der Waals surface area contributed by atoms with Gasteiger partial charge in [-0.1, -0.05) is 24.1 Å². The third-order valence-electron chi connectivity index (χ3n) is 3.73. The molecule has 2 rings (SSSR count). The zero-order valence-corrected chi connectivity index (χ0v) is 12.0. The summed E-state index contributed by atoms with van der Waals surface area (Å²) >= 11 is 6.30. The fourth-order valence-corrected chi connectivity index (χ4v) is 2.80. The average molecular weight is 268 g/mol. The molecule has 0 radical (unpaired) electrons. The Labute approximate surface area is 115 Å². The lowest BCUT2D eigenvalue weighted by molar-refractivity contribution is 0.155. The van der Waals surface area contributed by atoms with Crippen molar-refractivity contribution in [2.75, 3.05) is 7.05 Å². The second kappa shape index (κ2) is 6.44. The monoisotopic (exact) mass is 267 g/mol. The third kappa shape index (κ3) is 3.39. The molecule has 0 heterocycles. The van der Waals surface area contributed by atoms with Gasteiger partial charge in [-0.3, -0.25) is 0 Å². The van der Waals surface area contributed by atoms with Crippen molar-refractivity contribution >= 4 is 11.6 Å². The van der Waals surface area contributed by atoms with Crippen molar-refractivity contribution in [2.45, 2.75) is 51.2 Å². The number of ether oxygens (including phenoxy) is 1. The molecule has 0 spiro atoms. The topological polar surface area (TPSA) is 21.3 Å². The minimum absolute atomic E-state index is 0.265. The maximum Gasteiger partial charge on any atom is 0.121 e. The van der Waals surface area contributed by atoms with Gasteiger partial charge in [0.15, 0.2) is 0 Å². The number of hydrogen-bond acceptors (Lipinski definition) is 2. The van der Waals surface area contributed by atoms with Crippen molar-refractivity contribution in [1.29, 1.82) is 0 Å². The van der Waals surface area contributed by atoms with Gasteiger partial charge >= 0.3 is 0 Å². The second-order valence-electron chi connectivity index (χ2n) is 5.07. The van der Waals surface area contributed by atoms with Gasteiger partial charge < -0.3 is 10.1 Å². The molecule has 1 aliphatic carbocycles. The minimum Gasteiger partial charge on any atom is -0.490 e. The highest BCUT2D eigenvalue weighted by Crippen LogP contribution is 2.29. The van der Waals surface area contributed by atoms with E-state index in [9.17, 15) is 0 Å². The van der Waals surface area contributed by atoms with Crippen LogP contribution in [0, 0.1) is 0 Å². The van der Waals surface area contributed by atoms with Crippen LogP contribution in [-0.2, 0) is 0 Å². The fraction of sp³-hybridized carbons (Fsp3) is 0.600. The molecule has 1 fully saturated rings. The van der Waals surface area contributed by atoms with Gasteiger partial charge in [0.2, 0.25) is 0 Å². The molecule has 1 N–H and O–H groups in total. The highest BCUT2D eigenvalue weighted by Gasteiger charge is 2.16. The van der Waals surface area contributed by atoms with Crippen LogP contribution >= 0.6 is 11.6 Å². The number of nitrogens with one attached hydrogen (secondary N) is 1. The van der Waals surface area contributed by atoms with Gasteiger partial charge in [0.25, 0.3) is 0 Å². The molecule has 0 aliphatic heterocycles. The van der Waals surface area contributed by atoms with Crippen LogP contribution < -0.4 is 10.1 Å². The second-order valence-corrected chi connectivity index (χ2v) is 5.48. The van der Waals surface area contributed by atoms with Gasteiger partial charge in [-0.15, -0.1) is 0 Å². The Morgan fingerprint density at radius 1 is 1.28 bits per heavy atom. The Bertz CT molecular complexity index is 388.